The van der Waals surface area contributed by atoms with Crippen LogP contribution < -0.4 is 16.4 Å². The first-order chi connectivity index (χ1) is 10.3. The van der Waals surface area contributed by atoms with Gasteiger partial charge in [-0.2, -0.15) is 0 Å². The van der Waals surface area contributed by atoms with E-state index in [4.69, 9.17) is 5.73 Å². The van der Waals surface area contributed by atoms with Crippen LogP contribution >= 0.6 is 22.6 Å². The van der Waals surface area contributed by atoms with Crippen molar-refractivity contribution in [3.8, 4) is 0 Å². The number of amides is 3. The molecule has 0 fully saturated rings. The lowest BCUT2D eigenvalue weighted by Gasteiger charge is -2.22. The quantitative estimate of drug-likeness (QED) is 0.268. The molecule has 2 unspecified atom stereocenters. The van der Waals surface area contributed by atoms with Gasteiger partial charge in [0.25, 0.3) is 0 Å². The van der Waals surface area contributed by atoms with Crippen LogP contribution in [-0.4, -0.2) is 34.7 Å². The first-order valence-electron chi connectivity index (χ1n) is 7.72. The van der Waals surface area contributed by atoms with Gasteiger partial charge in [0.2, 0.25) is 5.91 Å². The highest BCUT2D eigenvalue weighted by molar-refractivity contribution is 14.1. The maximum atomic E-state index is 12.2. The molecule has 4 N–H and O–H groups in total. The molecular weight excluding hydrogens is 397 g/mol. The van der Waals surface area contributed by atoms with Crippen LogP contribution in [0, 0.1) is 11.8 Å². The Morgan fingerprint density at radius 2 is 1.77 bits per heavy atom. The fourth-order valence-electron chi connectivity index (χ4n) is 1.85. The normalized spacial score (nSPS) is 13.5. The van der Waals surface area contributed by atoms with Gasteiger partial charge < -0.3 is 16.4 Å². The minimum absolute atomic E-state index is 0.0556. The van der Waals surface area contributed by atoms with E-state index in [0.717, 1.165) is 10.8 Å². The molecule has 0 aromatic carbocycles. The first kappa shape index (κ1) is 21.1. The summed E-state index contributed by atoms with van der Waals surface area (Å²) in [4.78, 5) is 35.0. The maximum Gasteiger partial charge on any atom is 0.312 e. The molecule has 7 heteroatoms. The van der Waals surface area contributed by atoms with Crippen molar-refractivity contribution in [3.63, 3.8) is 0 Å². The number of Topliss-reactive ketones (excluding diaryl/α,β-unsaturated/α-hetero) is 1. The molecule has 0 saturated heterocycles. The maximum absolute atomic E-state index is 12.2. The van der Waals surface area contributed by atoms with Crippen LogP contribution in [0.3, 0.4) is 0 Å². The Hall–Kier alpha value is -0.860. The highest BCUT2D eigenvalue weighted by atomic mass is 127. The number of rotatable bonds is 11. The Balaban J connectivity index is 4.54. The van der Waals surface area contributed by atoms with Crippen molar-refractivity contribution in [2.45, 2.75) is 52.5 Å². The molecule has 0 aliphatic heterocycles. The van der Waals surface area contributed by atoms with Crippen molar-refractivity contribution in [1.29, 1.82) is 0 Å². The van der Waals surface area contributed by atoms with Crippen LogP contribution in [0.1, 0.15) is 46.5 Å². The third-order valence-electron chi connectivity index (χ3n) is 3.64. The second kappa shape index (κ2) is 11.7. The molecule has 0 aliphatic rings. The van der Waals surface area contributed by atoms with E-state index in [-0.39, 0.29) is 23.5 Å². The lowest BCUT2D eigenvalue weighted by molar-refractivity contribution is -0.131. The average molecular weight is 425 g/mol. The second-order valence-electron chi connectivity index (χ2n) is 5.79. The molecule has 0 heterocycles. The zero-order valence-electron chi connectivity index (χ0n) is 13.7. The van der Waals surface area contributed by atoms with Gasteiger partial charge in [0, 0.05) is 18.9 Å². The van der Waals surface area contributed by atoms with Crippen molar-refractivity contribution < 1.29 is 14.4 Å². The van der Waals surface area contributed by atoms with Gasteiger partial charge in [0.15, 0.2) is 5.78 Å². The molecule has 22 heavy (non-hydrogen) atoms. The SMILES string of the molecule is CC(C)C(C)C(=O)NC(CCCNC(N)=O)C(=O)CCCI. The molecule has 0 aromatic rings. The smallest absolute Gasteiger partial charge is 0.312 e. The Labute approximate surface area is 146 Å². The van der Waals surface area contributed by atoms with Crippen LogP contribution in [0.15, 0.2) is 0 Å². The van der Waals surface area contributed by atoms with E-state index in [0.29, 0.717) is 25.8 Å². The predicted molar refractivity (Wildman–Crippen MR) is 95.9 cm³/mol. The van der Waals surface area contributed by atoms with Crippen molar-refractivity contribution in [2.24, 2.45) is 17.6 Å². The third kappa shape index (κ3) is 9.22. The number of carbonyl (C=O) groups excluding carboxylic acids is 3. The molecule has 0 spiro atoms. The summed E-state index contributed by atoms with van der Waals surface area (Å²) >= 11 is 2.23. The third-order valence-corrected chi connectivity index (χ3v) is 4.41. The van der Waals surface area contributed by atoms with Crippen LogP contribution in [0.4, 0.5) is 4.79 Å². The number of ketones is 1. The molecule has 128 valence electrons. The largest absolute Gasteiger partial charge is 0.352 e. The van der Waals surface area contributed by atoms with E-state index in [1.54, 1.807) is 0 Å². The topological polar surface area (TPSA) is 101 Å². The summed E-state index contributed by atoms with van der Waals surface area (Å²) in [7, 11) is 0. The van der Waals surface area contributed by atoms with Gasteiger partial charge in [0.05, 0.1) is 6.04 Å². The molecular formula is C15H28IN3O3. The fraction of sp³-hybridized carbons (Fsp3) is 0.800. The fourth-order valence-corrected chi connectivity index (χ4v) is 2.23. The second-order valence-corrected chi connectivity index (χ2v) is 6.86. The van der Waals surface area contributed by atoms with E-state index in [1.165, 1.54) is 0 Å². The molecule has 2 atom stereocenters. The molecule has 0 rings (SSSR count). The van der Waals surface area contributed by atoms with Crippen LogP contribution in [0.25, 0.3) is 0 Å². The summed E-state index contributed by atoms with van der Waals surface area (Å²) in [6.45, 7) is 6.23. The molecule has 3 amide bonds. The van der Waals surface area contributed by atoms with Gasteiger partial charge in [-0.3, -0.25) is 9.59 Å². The van der Waals surface area contributed by atoms with Crippen molar-refractivity contribution in [1.82, 2.24) is 10.6 Å². The van der Waals surface area contributed by atoms with E-state index in [9.17, 15) is 14.4 Å². The molecule has 0 aromatic heterocycles. The summed E-state index contributed by atoms with van der Waals surface area (Å²) in [5.41, 5.74) is 5.00. The Morgan fingerprint density at radius 3 is 2.27 bits per heavy atom. The summed E-state index contributed by atoms with van der Waals surface area (Å²) in [6.07, 6.45) is 2.38. The molecule has 0 bridgehead atoms. The lowest BCUT2D eigenvalue weighted by Crippen LogP contribution is -2.44. The molecule has 6 nitrogen and oxygen atoms in total. The Bertz CT molecular complexity index is 375. The van der Waals surface area contributed by atoms with Gasteiger partial charge in [0.1, 0.15) is 0 Å². The lowest BCUT2D eigenvalue weighted by atomic mass is 9.95. The van der Waals surface area contributed by atoms with Gasteiger partial charge in [-0.25, -0.2) is 4.79 Å². The zero-order chi connectivity index (χ0) is 17.1. The Kier molecular flexibility index (Phi) is 11.2. The van der Waals surface area contributed by atoms with Crippen LogP contribution in [-0.2, 0) is 9.59 Å². The van der Waals surface area contributed by atoms with E-state index >= 15 is 0 Å². The summed E-state index contributed by atoms with van der Waals surface area (Å²) in [6, 6.07) is -1.06. The number of alkyl halides is 1. The van der Waals surface area contributed by atoms with Crippen molar-refractivity contribution in [3.05, 3.63) is 0 Å². The number of nitrogens with two attached hydrogens (primary N) is 1. The zero-order valence-corrected chi connectivity index (χ0v) is 15.8. The molecule has 0 aliphatic carbocycles. The number of nitrogens with one attached hydrogen (secondary N) is 2. The van der Waals surface area contributed by atoms with E-state index < -0.39 is 12.1 Å². The van der Waals surface area contributed by atoms with Gasteiger partial charge >= 0.3 is 6.03 Å². The van der Waals surface area contributed by atoms with E-state index in [2.05, 4.69) is 33.2 Å². The average Bonchev–Trinajstić information content (AvgIpc) is 2.46. The Morgan fingerprint density at radius 1 is 1.14 bits per heavy atom. The number of urea groups is 1. The minimum atomic E-state index is -0.578. The highest BCUT2D eigenvalue weighted by Gasteiger charge is 2.24. The van der Waals surface area contributed by atoms with Crippen molar-refractivity contribution in [2.75, 3.05) is 11.0 Å². The molecule has 0 saturated carbocycles. The number of halogens is 1. The highest BCUT2D eigenvalue weighted by Crippen LogP contribution is 2.12. The van der Waals surface area contributed by atoms with E-state index in [1.807, 2.05) is 20.8 Å². The summed E-state index contributed by atoms with van der Waals surface area (Å²) < 4.78 is 0.912. The first-order valence-corrected chi connectivity index (χ1v) is 9.24. The van der Waals surface area contributed by atoms with Gasteiger partial charge in [-0.15, -0.1) is 0 Å². The number of hydrogen-bond acceptors (Lipinski definition) is 3. The summed E-state index contributed by atoms with van der Waals surface area (Å²) in [5, 5.41) is 5.35. The number of primary amides is 1. The van der Waals surface area contributed by atoms with Gasteiger partial charge in [-0.05, 0) is 29.6 Å². The molecule has 0 radical (unpaired) electrons. The van der Waals surface area contributed by atoms with Crippen LogP contribution in [0.5, 0.6) is 0 Å². The predicted octanol–water partition coefficient (Wildman–Crippen LogP) is 2.00. The number of hydrogen-bond donors (Lipinski definition) is 3. The minimum Gasteiger partial charge on any atom is -0.352 e. The van der Waals surface area contributed by atoms with Crippen LogP contribution in [0.2, 0.25) is 0 Å². The summed E-state index contributed by atoms with van der Waals surface area (Å²) in [5.74, 6) is 0.0518. The monoisotopic (exact) mass is 425 g/mol. The van der Waals surface area contributed by atoms with Crippen molar-refractivity contribution >= 4 is 40.3 Å². The standard InChI is InChI=1S/C15H28IN3O3/c1-10(2)11(3)14(21)19-12(13(20)7-4-8-16)6-5-9-18-15(17)22/h10-12H,4-9H2,1-3H3,(H,19,21)(H3,17,18,22). The number of carbonyl (C=O) groups is 3. The van der Waals surface area contributed by atoms with Gasteiger partial charge in [-0.1, -0.05) is 43.4 Å².